The fraction of sp³-hybridized carbons (Fsp3) is 0.762. The second-order valence-corrected chi connectivity index (χ2v) is 13.1. The maximum absolute atomic E-state index is 2.58. The van der Waals surface area contributed by atoms with Gasteiger partial charge in [-0.15, -0.1) is 0 Å². The van der Waals surface area contributed by atoms with Gasteiger partial charge in [0, 0.05) is 0 Å². The van der Waals surface area contributed by atoms with Crippen molar-refractivity contribution in [2.75, 3.05) is 0 Å². The van der Waals surface area contributed by atoms with E-state index in [4.69, 9.17) is 0 Å². The van der Waals surface area contributed by atoms with Crippen molar-refractivity contribution in [2.45, 2.75) is 209 Å². The Hall–Kier alpha value is 0.150. The Kier molecular flexibility index (Phi) is 36.0. The van der Waals surface area contributed by atoms with Gasteiger partial charge >= 0.3 is 25.8 Å². The van der Waals surface area contributed by atoms with Crippen LogP contribution < -0.4 is 24.8 Å². The minimum atomic E-state index is 0. The van der Waals surface area contributed by atoms with Crippen molar-refractivity contribution in [1.29, 1.82) is 0 Å². The van der Waals surface area contributed by atoms with Crippen LogP contribution in [0, 0.1) is 0 Å². The molecule has 0 unspecified atom stereocenters. The van der Waals surface area contributed by atoms with E-state index in [1.165, 1.54) is 154 Å². The molecule has 0 spiro atoms. The third kappa shape index (κ3) is 19.1. The molecule has 2 aromatic carbocycles. The maximum atomic E-state index is 2.58. The van der Waals surface area contributed by atoms with Gasteiger partial charge in [-0.2, -0.15) is 56.6 Å². The van der Waals surface area contributed by atoms with Gasteiger partial charge in [0.2, 0.25) is 0 Å². The normalized spacial score (nSPS) is 10.5. The summed E-state index contributed by atoms with van der Waals surface area (Å²) in [5.41, 5.74) is 13.8. The molecule has 0 nitrogen and oxygen atoms in total. The SMILES string of the molecule is CCCCc1c[c-](CCCC)c(CCCC)c1CCCC.CCCCc1c[c-](CCCC)c(CCCC)c1CCCC.[Cl-].[Cl-].[Hf+4]. The molecule has 0 aliphatic heterocycles. The Morgan fingerprint density at radius 1 is 0.378 bits per heavy atom. The van der Waals surface area contributed by atoms with E-state index < -0.39 is 0 Å². The molecule has 0 heterocycles. The number of halogens is 2. The fourth-order valence-corrected chi connectivity index (χ4v) is 6.57. The van der Waals surface area contributed by atoms with Crippen LogP contribution in [0.5, 0.6) is 0 Å². The molecule has 0 amide bonds. The van der Waals surface area contributed by atoms with Crippen molar-refractivity contribution in [1.82, 2.24) is 0 Å². The summed E-state index contributed by atoms with van der Waals surface area (Å²) >= 11 is 0. The van der Waals surface area contributed by atoms with Crippen LogP contribution in [0.25, 0.3) is 0 Å². The third-order valence-corrected chi connectivity index (χ3v) is 9.30. The van der Waals surface area contributed by atoms with Gasteiger partial charge in [-0.05, 0) is 0 Å². The van der Waals surface area contributed by atoms with E-state index in [9.17, 15) is 0 Å². The molecule has 0 aliphatic rings. The summed E-state index contributed by atoms with van der Waals surface area (Å²) in [7, 11) is 0. The molecular weight excluding hydrogens is 754 g/mol. The number of unbranched alkanes of at least 4 members (excludes halogenated alkanes) is 8. The summed E-state index contributed by atoms with van der Waals surface area (Å²) in [6.45, 7) is 18.5. The molecule has 0 atom stereocenters. The molecule has 45 heavy (non-hydrogen) atoms. The molecule has 0 fully saturated rings. The quantitative estimate of drug-likeness (QED) is 0.0758. The van der Waals surface area contributed by atoms with Crippen LogP contribution in [0.2, 0.25) is 0 Å². The van der Waals surface area contributed by atoms with Crippen LogP contribution in [-0.2, 0) is 77.2 Å². The fourth-order valence-electron chi connectivity index (χ4n) is 6.57. The van der Waals surface area contributed by atoms with E-state index in [1.54, 1.807) is 44.5 Å². The van der Waals surface area contributed by atoms with Crippen LogP contribution in [0.4, 0.5) is 0 Å². The van der Waals surface area contributed by atoms with Gasteiger partial charge in [-0.1, -0.05) is 209 Å². The maximum Gasteiger partial charge on any atom is 4.00 e. The van der Waals surface area contributed by atoms with Gasteiger partial charge in [0.25, 0.3) is 0 Å². The number of hydrogen-bond donors (Lipinski definition) is 0. The first-order valence-electron chi connectivity index (χ1n) is 19.1. The molecule has 0 saturated carbocycles. The van der Waals surface area contributed by atoms with E-state index >= 15 is 0 Å². The monoisotopic (exact) mass is 828 g/mol. The molecule has 0 saturated heterocycles. The first kappa shape index (κ1) is 49.5. The van der Waals surface area contributed by atoms with E-state index in [0.717, 1.165) is 0 Å². The number of aryl methyl sites for hydroxylation is 4. The second-order valence-electron chi connectivity index (χ2n) is 13.1. The average Bonchev–Trinajstić information content (AvgIpc) is 3.52. The van der Waals surface area contributed by atoms with E-state index in [1.807, 2.05) is 0 Å². The zero-order valence-electron chi connectivity index (χ0n) is 31.4. The van der Waals surface area contributed by atoms with Crippen LogP contribution in [0.15, 0.2) is 12.1 Å². The van der Waals surface area contributed by atoms with Gasteiger partial charge in [-0.25, -0.2) is 0 Å². The predicted octanol–water partition coefficient (Wildman–Crippen LogP) is 7.56. The summed E-state index contributed by atoms with van der Waals surface area (Å²) in [6, 6.07) is 5.17. The Balaban J connectivity index is -0.000000735. The number of rotatable bonds is 24. The Bertz CT molecular complexity index is 763. The zero-order chi connectivity index (χ0) is 31.0. The van der Waals surface area contributed by atoms with Crippen molar-refractivity contribution >= 4 is 0 Å². The molecule has 2 rings (SSSR count). The summed E-state index contributed by atoms with van der Waals surface area (Å²) in [5, 5.41) is 0. The molecule has 0 aliphatic carbocycles. The van der Waals surface area contributed by atoms with Gasteiger partial charge in [0.15, 0.2) is 0 Å². The van der Waals surface area contributed by atoms with Crippen LogP contribution >= 0.6 is 0 Å². The molecule has 0 radical (unpaired) electrons. The van der Waals surface area contributed by atoms with Crippen molar-refractivity contribution in [2.24, 2.45) is 0 Å². The third-order valence-electron chi connectivity index (χ3n) is 9.30. The van der Waals surface area contributed by atoms with Crippen molar-refractivity contribution in [3.05, 3.63) is 56.6 Å². The first-order chi connectivity index (χ1) is 20.6. The molecule has 0 N–H and O–H groups in total. The van der Waals surface area contributed by atoms with Crippen molar-refractivity contribution in [3.63, 3.8) is 0 Å². The van der Waals surface area contributed by atoms with E-state index in [2.05, 4.69) is 67.5 Å². The van der Waals surface area contributed by atoms with Crippen molar-refractivity contribution in [3.8, 4) is 0 Å². The van der Waals surface area contributed by atoms with E-state index in [-0.39, 0.29) is 50.7 Å². The summed E-state index contributed by atoms with van der Waals surface area (Å²) in [5.74, 6) is 0. The minimum Gasteiger partial charge on any atom is -1.00 e. The first-order valence-corrected chi connectivity index (χ1v) is 19.1. The molecule has 0 aromatic heterocycles. The van der Waals surface area contributed by atoms with Gasteiger partial charge in [0.05, 0.1) is 0 Å². The molecule has 260 valence electrons. The zero-order valence-corrected chi connectivity index (χ0v) is 36.5. The predicted molar refractivity (Wildman–Crippen MR) is 193 cm³/mol. The van der Waals surface area contributed by atoms with Crippen LogP contribution in [-0.4, -0.2) is 0 Å². The summed E-state index contributed by atoms with van der Waals surface area (Å²) in [4.78, 5) is 0. The Labute approximate surface area is 314 Å². The minimum absolute atomic E-state index is 0. The second kappa shape index (κ2) is 32.7. The summed E-state index contributed by atoms with van der Waals surface area (Å²) in [6.07, 6.45) is 31.8. The standard InChI is InChI=1S/2C21H37.2ClH.Hf/c2*1-5-9-13-18-17-19(14-10-6-2)21(16-12-8-4)20(18)15-11-7-3;;;/h2*17H,5-16H2,1-4H3;2*1H;/q2*-1;;;+4/p-2. The molecule has 0 bridgehead atoms. The summed E-state index contributed by atoms with van der Waals surface area (Å²) < 4.78 is 0. The van der Waals surface area contributed by atoms with Gasteiger partial charge in [-0.3, -0.25) is 0 Å². The van der Waals surface area contributed by atoms with Crippen LogP contribution in [0.1, 0.15) is 203 Å². The molecular formula is C42H74Cl2Hf. The topological polar surface area (TPSA) is 0 Å². The van der Waals surface area contributed by atoms with Crippen LogP contribution in [0.3, 0.4) is 0 Å². The number of hydrogen-bond acceptors (Lipinski definition) is 0. The Morgan fingerprint density at radius 2 is 0.644 bits per heavy atom. The van der Waals surface area contributed by atoms with Gasteiger partial charge in [0.1, 0.15) is 0 Å². The largest absolute Gasteiger partial charge is 4.00 e. The van der Waals surface area contributed by atoms with Crippen molar-refractivity contribution < 1.29 is 50.7 Å². The Morgan fingerprint density at radius 3 is 0.933 bits per heavy atom. The van der Waals surface area contributed by atoms with E-state index in [0.29, 0.717) is 0 Å². The smallest absolute Gasteiger partial charge is 1.00 e. The molecule has 2 aromatic rings. The molecule has 3 heteroatoms. The van der Waals surface area contributed by atoms with Gasteiger partial charge < -0.3 is 24.8 Å². The average molecular weight is 828 g/mol.